The van der Waals surface area contributed by atoms with Crippen molar-refractivity contribution in [1.82, 2.24) is 4.13 Å². The molecule has 0 saturated heterocycles. The first-order chi connectivity index (χ1) is 8.88. The smallest absolute Gasteiger partial charge is 0.0305 e. The summed E-state index contributed by atoms with van der Waals surface area (Å²) in [5.74, 6) is 1.70. The summed E-state index contributed by atoms with van der Waals surface area (Å²) in [6.07, 6.45) is 2.07. The van der Waals surface area contributed by atoms with Gasteiger partial charge >= 0.3 is 0 Å². The van der Waals surface area contributed by atoms with Crippen LogP contribution in [0.3, 0.4) is 0 Å². The lowest BCUT2D eigenvalue weighted by Gasteiger charge is -2.22. The predicted molar refractivity (Wildman–Crippen MR) is 91.2 cm³/mol. The molecule has 0 amide bonds. The topological polar surface area (TPSA) is 12.0 Å². The Morgan fingerprint density at radius 1 is 0.842 bits per heavy atom. The number of hydrogen-bond donors (Lipinski definition) is 1. The first kappa shape index (κ1) is 16.9. The highest BCUT2D eigenvalue weighted by Crippen LogP contribution is 2.37. The molecule has 1 aromatic rings. The van der Waals surface area contributed by atoms with Crippen molar-refractivity contribution in [1.29, 1.82) is 0 Å². The molecule has 1 aromatic carbocycles. The van der Waals surface area contributed by atoms with Crippen molar-refractivity contribution in [2.24, 2.45) is 0 Å². The maximum absolute atomic E-state index is 3.34. The van der Waals surface area contributed by atoms with E-state index in [1.165, 1.54) is 21.6 Å². The Balaban J connectivity index is 3.37. The van der Waals surface area contributed by atoms with Crippen LogP contribution in [0.25, 0.3) is 0 Å². The van der Waals surface area contributed by atoms with Crippen LogP contribution >= 0.6 is 23.9 Å². The van der Waals surface area contributed by atoms with Gasteiger partial charge in [0.05, 0.1) is 0 Å². The minimum absolute atomic E-state index is 0.558. The van der Waals surface area contributed by atoms with Gasteiger partial charge in [-0.3, -0.25) is 0 Å². The quantitative estimate of drug-likeness (QED) is 0.653. The third-order valence-corrected chi connectivity index (χ3v) is 4.98. The van der Waals surface area contributed by atoms with Gasteiger partial charge in [-0.15, -0.1) is 0 Å². The van der Waals surface area contributed by atoms with E-state index in [-0.39, 0.29) is 0 Å². The van der Waals surface area contributed by atoms with Crippen LogP contribution in [0.15, 0.2) is 17.0 Å². The lowest BCUT2D eigenvalue weighted by molar-refractivity contribution is 0.772. The minimum Gasteiger partial charge on any atom is -0.204 e. The summed E-state index contributed by atoms with van der Waals surface area (Å²) in [5, 5.41) is 0. The molecule has 1 rings (SSSR count). The molecule has 1 nitrogen and oxygen atoms in total. The minimum atomic E-state index is 0.558. The predicted octanol–water partition coefficient (Wildman–Crippen LogP) is 5.93. The second-order valence-corrected chi connectivity index (χ2v) is 7.57. The van der Waals surface area contributed by atoms with E-state index < -0.39 is 0 Å². The Bertz CT molecular complexity index is 382. The maximum Gasteiger partial charge on any atom is 0.0305 e. The summed E-state index contributed by atoms with van der Waals surface area (Å²) in [6.45, 7) is 13.7. The van der Waals surface area contributed by atoms with Gasteiger partial charge in [-0.1, -0.05) is 65.6 Å². The van der Waals surface area contributed by atoms with E-state index in [9.17, 15) is 0 Å². The molecule has 19 heavy (non-hydrogen) atoms. The molecule has 3 heteroatoms. The molecule has 0 unspecified atom stereocenters. The Morgan fingerprint density at radius 2 is 1.32 bits per heavy atom. The largest absolute Gasteiger partial charge is 0.204 e. The Morgan fingerprint density at radius 3 is 1.63 bits per heavy atom. The zero-order chi connectivity index (χ0) is 14.6. The molecule has 0 radical (unpaired) electrons. The van der Waals surface area contributed by atoms with E-state index in [1.54, 1.807) is 23.9 Å². The van der Waals surface area contributed by atoms with Crippen molar-refractivity contribution in [2.45, 2.75) is 64.2 Å². The third-order valence-electron chi connectivity index (χ3n) is 3.31. The first-order valence-electron chi connectivity index (χ1n) is 7.01. The molecule has 0 aromatic heterocycles. The number of rotatable bonds is 6. The lowest BCUT2D eigenvalue weighted by atomic mass is 9.89. The normalized spacial score (nSPS) is 11.9. The van der Waals surface area contributed by atoms with Crippen LogP contribution in [0.1, 0.15) is 76.0 Å². The molecule has 0 saturated carbocycles. The van der Waals surface area contributed by atoms with Crippen molar-refractivity contribution in [3.05, 3.63) is 28.8 Å². The zero-order valence-electron chi connectivity index (χ0n) is 13.2. The summed E-state index contributed by atoms with van der Waals surface area (Å²) in [4.78, 5) is 1.42. The van der Waals surface area contributed by atoms with E-state index in [0.717, 1.165) is 0 Å². The van der Waals surface area contributed by atoms with Gasteiger partial charge in [0.2, 0.25) is 0 Å². The van der Waals surface area contributed by atoms with Gasteiger partial charge in [0.15, 0.2) is 0 Å². The van der Waals surface area contributed by atoms with Crippen molar-refractivity contribution in [3.8, 4) is 0 Å². The van der Waals surface area contributed by atoms with Crippen LogP contribution < -0.4 is 4.13 Å². The second-order valence-electron chi connectivity index (χ2n) is 5.88. The first-order valence-corrected chi connectivity index (χ1v) is 9.05. The summed E-state index contributed by atoms with van der Waals surface area (Å²) in [6, 6.07) is 4.79. The Kier molecular flexibility index (Phi) is 6.78. The summed E-state index contributed by atoms with van der Waals surface area (Å²) >= 11 is 3.42. The van der Waals surface area contributed by atoms with E-state index in [0.29, 0.717) is 17.8 Å². The van der Waals surface area contributed by atoms with E-state index >= 15 is 0 Å². The standard InChI is InChI=1S/C16H27NS2/c1-10(2)13-8-14(11(3)4)16(19-17-18-7)15(9-13)12(5)6/h8-12,17H,1-7H3. The highest BCUT2D eigenvalue weighted by atomic mass is 32.2. The van der Waals surface area contributed by atoms with Gasteiger partial charge in [-0.2, -0.15) is 0 Å². The summed E-state index contributed by atoms with van der Waals surface area (Å²) < 4.78 is 3.34. The molecule has 0 fully saturated rings. The number of benzene rings is 1. The van der Waals surface area contributed by atoms with Crippen LogP contribution in [-0.4, -0.2) is 6.26 Å². The van der Waals surface area contributed by atoms with Crippen molar-refractivity contribution in [3.63, 3.8) is 0 Å². The van der Waals surface area contributed by atoms with Gasteiger partial charge in [0.25, 0.3) is 0 Å². The molecule has 108 valence electrons. The van der Waals surface area contributed by atoms with E-state index in [2.05, 4.69) is 64.1 Å². The Hall–Kier alpha value is -0.120. The monoisotopic (exact) mass is 297 g/mol. The third kappa shape index (κ3) is 4.44. The molecule has 0 bridgehead atoms. The van der Waals surface area contributed by atoms with Crippen LogP contribution in [0.4, 0.5) is 0 Å². The number of nitrogens with one attached hydrogen (secondary N) is 1. The van der Waals surface area contributed by atoms with Gasteiger partial charge in [0.1, 0.15) is 0 Å². The fourth-order valence-corrected chi connectivity index (χ4v) is 3.58. The molecule has 0 spiro atoms. The maximum atomic E-state index is 3.34. The van der Waals surface area contributed by atoms with Crippen LogP contribution in [0, 0.1) is 0 Å². The van der Waals surface area contributed by atoms with Gasteiger partial charge in [-0.25, -0.2) is 4.13 Å². The summed E-state index contributed by atoms with van der Waals surface area (Å²) in [7, 11) is 0. The average molecular weight is 298 g/mol. The lowest BCUT2D eigenvalue weighted by Crippen LogP contribution is -2.04. The van der Waals surface area contributed by atoms with E-state index in [1.807, 2.05) is 0 Å². The van der Waals surface area contributed by atoms with Crippen molar-refractivity contribution in [2.75, 3.05) is 6.26 Å². The van der Waals surface area contributed by atoms with Crippen LogP contribution in [-0.2, 0) is 0 Å². The molecule has 0 heterocycles. The molecule has 1 N–H and O–H groups in total. The van der Waals surface area contributed by atoms with Crippen LogP contribution in [0.2, 0.25) is 0 Å². The zero-order valence-corrected chi connectivity index (χ0v) is 14.8. The second kappa shape index (κ2) is 7.61. The highest BCUT2D eigenvalue weighted by molar-refractivity contribution is 8.12. The van der Waals surface area contributed by atoms with Gasteiger partial charge in [0, 0.05) is 4.90 Å². The summed E-state index contributed by atoms with van der Waals surface area (Å²) in [5.41, 5.74) is 4.41. The molecular formula is C16H27NS2. The highest BCUT2D eigenvalue weighted by Gasteiger charge is 2.17. The van der Waals surface area contributed by atoms with Gasteiger partial charge < -0.3 is 0 Å². The molecule has 0 aliphatic carbocycles. The fraction of sp³-hybridized carbons (Fsp3) is 0.625. The fourth-order valence-electron chi connectivity index (χ4n) is 2.09. The SMILES string of the molecule is CSNSc1c(C(C)C)cc(C(C)C)cc1C(C)C. The molecular weight excluding hydrogens is 270 g/mol. The van der Waals surface area contributed by atoms with Gasteiger partial charge in [-0.05, 0) is 52.6 Å². The molecule has 0 atom stereocenters. The van der Waals surface area contributed by atoms with Crippen molar-refractivity contribution >= 4 is 23.9 Å². The Labute approximate surface area is 127 Å². The van der Waals surface area contributed by atoms with Crippen LogP contribution in [0.5, 0.6) is 0 Å². The molecule has 0 aliphatic rings. The average Bonchev–Trinajstić information content (AvgIpc) is 2.34. The van der Waals surface area contributed by atoms with Crippen molar-refractivity contribution < 1.29 is 0 Å². The number of hydrogen-bond acceptors (Lipinski definition) is 3. The van der Waals surface area contributed by atoms with E-state index in [4.69, 9.17) is 0 Å². The molecule has 0 aliphatic heterocycles.